The molecule has 1 aromatic carbocycles. The van der Waals surface area contributed by atoms with Gasteiger partial charge in [-0.25, -0.2) is 8.42 Å². The summed E-state index contributed by atoms with van der Waals surface area (Å²) in [7, 11) is -3.43. The van der Waals surface area contributed by atoms with Crippen LogP contribution in [0.15, 0.2) is 18.2 Å². The summed E-state index contributed by atoms with van der Waals surface area (Å²) < 4.78 is 25.1. The molecule has 1 aliphatic rings. The third-order valence-corrected chi connectivity index (χ3v) is 5.49. The van der Waals surface area contributed by atoms with E-state index in [0.29, 0.717) is 15.7 Å². The van der Waals surface area contributed by atoms with Crippen molar-refractivity contribution in [3.63, 3.8) is 0 Å². The molecule has 0 aliphatic heterocycles. The van der Waals surface area contributed by atoms with Gasteiger partial charge in [-0.1, -0.05) is 36.0 Å². The monoisotopic (exact) mass is 364 g/mol. The van der Waals surface area contributed by atoms with Crippen molar-refractivity contribution in [1.29, 1.82) is 0 Å². The predicted molar refractivity (Wildman–Crippen MR) is 88.9 cm³/mol. The number of sulfonamides is 1. The average molecular weight is 365 g/mol. The Bertz CT molecular complexity index is 658. The molecule has 122 valence electrons. The van der Waals surface area contributed by atoms with Gasteiger partial charge in [0, 0.05) is 11.1 Å². The first-order chi connectivity index (χ1) is 10.3. The highest BCUT2D eigenvalue weighted by Crippen LogP contribution is 2.27. The molecule has 1 amide bonds. The molecule has 0 bridgehead atoms. The smallest absolute Gasteiger partial charge is 0.239 e. The molecule has 0 saturated heterocycles. The van der Waals surface area contributed by atoms with Crippen LogP contribution in [0.3, 0.4) is 0 Å². The number of hydrogen-bond donors (Lipinski definition) is 1. The number of carbonyl (C=O) groups is 1. The zero-order valence-corrected chi connectivity index (χ0v) is 14.5. The molecule has 0 atom stereocenters. The Labute approximate surface area is 140 Å². The summed E-state index contributed by atoms with van der Waals surface area (Å²) in [5, 5.41) is 3.40. The van der Waals surface area contributed by atoms with Crippen molar-refractivity contribution < 1.29 is 13.2 Å². The normalized spacial score (nSPS) is 16.2. The minimum absolute atomic E-state index is 0.0959. The van der Waals surface area contributed by atoms with Crippen LogP contribution in [0.1, 0.15) is 25.7 Å². The first-order valence-corrected chi connectivity index (χ1v) is 9.59. The molecular weight excluding hydrogens is 347 g/mol. The lowest BCUT2D eigenvalue weighted by molar-refractivity contribution is -0.116. The van der Waals surface area contributed by atoms with E-state index in [4.69, 9.17) is 23.2 Å². The van der Waals surface area contributed by atoms with E-state index in [2.05, 4.69) is 5.32 Å². The molecule has 2 rings (SSSR count). The molecule has 1 aromatic rings. The van der Waals surface area contributed by atoms with E-state index in [-0.39, 0.29) is 12.6 Å². The fraction of sp³-hybridized carbons (Fsp3) is 0.500. The van der Waals surface area contributed by atoms with Crippen LogP contribution in [-0.4, -0.2) is 37.5 Å². The van der Waals surface area contributed by atoms with Gasteiger partial charge in [-0.15, -0.1) is 0 Å². The molecule has 22 heavy (non-hydrogen) atoms. The fourth-order valence-corrected chi connectivity index (χ4v) is 4.19. The summed E-state index contributed by atoms with van der Waals surface area (Å²) in [4.78, 5) is 12.2. The number of nitrogens with one attached hydrogen (secondary N) is 1. The highest BCUT2D eigenvalue weighted by atomic mass is 35.5. The summed E-state index contributed by atoms with van der Waals surface area (Å²) in [6.45, 7) is -0.206. The van der Waals surface area contributed by atoms with Gasteiger partial charge < -0.3 is 5.32 Å². The molecule has 0 aromatic heterocycles. The highest BCUT2D eigenvalue weighted by molar-refractivity contribution is 7.88. The maximum Gasteiger partial charge on any atom is 0.239 e. The van der Waals surface area contributed by atoms with Gasteiger partial charge in [-0.05, 0) is 31.0 Å². The average Bonchev–Trinajstić information content (AvgIpc) is 2.91. The van der Waals surface area contributed by atoms with Gasteiger partial charge in [0.25, 0.3) is 0 Å². The van der Waals surface area contributed by atoms with Gasteiger partial charge in [0.15, 0.2) is 0 Å². The van der Waals surface area contributed by atoms with E-state index in [0.717, 1.165) is 31.9 Å². The Morgan fingerprint density at radius 2 is 1.95 bits per heavy atom. The van der Waals surface area contributed by atoms with Crippen molar-refractivity contribution in [2.24, 2.45) is 0 Å². The molecular formula is C14H18Cl2N2O3S. The van der Waals surface area contributed by atoms with Gasteiger partial charge in [-0.2, -0.15) is 4.31 Å². The lowest BCUT2D eigenvalue weighted by atomic mass is 10.2. The molecule has 1 N–H and O–H groups in total. The molecule has 0 heterocycles. The van der Waals surface area contributed by atoms with Crippen molar-refractivity contribution in [1.82, 2.24) is 4.31 Å². The molecule has 0 radical (unpaired) electrons. The van der Waals surface area contributed by atoms with Crippen LogP contribution in [0.5, 0.6) is 0 Å². The van der Waals surface area contributed by atoms with E-state index in [9.17, 15) is 13.2 Å². The molecule has 0 spiro atoms. The van der Waals surface area contributed by atoms with Crippen molar-refractivity contribution in [2.45, 2.75) is 31.7 Å². The lowest BCUT2D eigenvalue weighted by Gasteiger charge is -2.25. The minimum Gasteiger partial charge on any atom is -0.324 e. The zero-order valence-electron chi connectivity index (χ0n) is 12.2. The molecule has 1 aliphatic carbocycles. The molecule has 5 nitrogen and oxygen atoms in total. The highest BCUT2D eigenvalue weighted by Gasteiger charge is 2.30. The summed E-state index contributed by atoms with van der Waals surface area (Å²) in [6, 6.07) is 4.61. The number of nitrogens with zero attached hydrogens (tertiary/aromatic N) is 1. The van der Waals surface area contributed by atoms with Crippen LogP contribution in [0.2, 0.25) is 10.0 Å². The number of halogens is 2. The number of rotatable bonds is 5. The standard InChI is InChI=1S/C14H18Cl2N2O3S/c1-22(20,21)18(11-4-2-3-5-11)9-14(19)17-13-7-6-10(15)8-12(13)16/h6-8,11H,2-5,9H2,1H3,(H,17,19). The van der Waals surface area contributed by atoms with Crippen molar-refractivity contribution in [2.75, 3.05) is 18.1 Å². The van der Waals surface area contributed by atoms with Crippen LogP contribution in [0.4, 0.5) is 5.69 Å². The Balaban J connectivity index is 2.08. The third-order valence-electron chi connectivity index (χ3n) is 3.66. The number of benzene rings is 1. The van der Waals surface area contributed by atoms with Crippen LogP contribution in [-0.2, 0) is 14.8 Å². The molecule has 1 fully saturated rings. The topological polar surface area (TPSA) is 66.5 Å². The molecule has 1 saturated carbocycles. The van der Waals surface area contributed by atoms with Gasteiger partial charge in [0.2, 0.25) is 15.9 Å². The van der Waals surface area contributed by atoms with E-state index >= 15 is 0 Å². The first kappa shape index (κ1) is 17.5. The lowest BCUT2D eigenvalue weighted by Crippen LogP contribution is -2.43. The van der Waals surface area contributed by atoms with Gasteiger partial charge in [-0.3, -0.25) is 4.79 Å². The summed E-state index contributed by atoms with van der Waals surface area (Å²) in [6.07, 6.45) is 4.70. The van der Waals surface area contributed by atoms with Gasteiger partial charge >= 0.3 is 0 Å². The third kappa shape index (κ3) is 4.59. The van der Waals surface area contributed by atoms with Crippen molar-refractivity contribution in [3.05, 3.63) is 28.2 Å². The predicted octanol–water partition coefficient (Wildman–Crippen LogP) is 3.14. The number of carbonyl (C=O) groups excluding carboxylic acids is 1. The Morgan fingerprint density at radius 3 is 2.50 bits per heavy atom. The second kappa shape index (κ2) is 7.17. The Kier molecular flexibility index (Phi) is 5.71. The van der Waals surface area contributed by atoms with Crippen LogP contribution >= 0.6 is 23.2 Å². The van der Waals surface area contributed by atoms with E-state index in [1.807, 2.05) is 0 Å². The summed E-state index contributed by atoms with van der Waals surface area (Å²) >= 11 is 11.8. The zero-order chi connectivity index (χ0) is 16.3. The maximum absolute atomic E-state index is 12.2. The van der Waals surface area contributed by atoms with E-state index in [1.54, 1.807) is 12.1 Å². The number of hydrogen-bond acceptors (Lipinski definition) is 3. The largest absolute Gasteiger partial charge is 0.324 e. The second-order valence-corrected chi connectivity index (χ2v) is 8.20. The van der Waals surface area contributed by atoms with Crippen LogP contribution in [0, 0.1) is 0 Å². The minimum atomic E-state index is -3.43. The molecule has 8 heteroatoms. The first-order valence-electron chi connectivity index (χ1n) is 6.99. The summed E-state index contributed by atoms with van der Waals surface area (Å²) in [5.41, 5.74) is 0.413. The van der Waals surface area contributed by atoms with Crippen LogP contribution in [0.25, 0.3) is 0 Å². The number of amides is 1. The van der Waals surface area contributed by atoms with Crippen molar-refractivity contribution in [3.8, 4) is 0 Å². The Hall–Kier alpha value is -0.820. The van der Waals surface area contributed by atoms with E-state index < -0.39 is 15.9 Å². The molecule has 0 unspecified atom stereocenters. The van der Waals surface area contributed by atoms with Gasteiger partial charge in [0.05, 0.1) is 23.5 Å². The quantitative estimate of drug-likeness (QED) is 0.872. The summed E-state index contributed by atoms with van der Waals surface area (Å²) in [5.74, 6) is -0.415. The Morgan fingerprint density at radius 1 is 1.32 bits per heavy atom. The van der Waals surface area contributed by atoms with Crippen LogP contribution < -0.4 is 5.32 Å². The fourth-order valence-electron chi connectivity index (χ4n) is 2.63. The SMILES string of the molecule is CS(=O)(=O)N(CC(=O)Nc1ccc(Cl)cc1Cl)C1CCCC1. The number of anilines is 1. The van der Waals surface area contributed by atoms with Gasteiger partial charge in [0.1, 0.15) is 0 Å². The second-order valence-electron chi connectivity index (χ2n) is 5.42. The maximum atomic E-state index is 12.2. The van der Waals surface area contributed by atoms with Crippen molar-refractivity contribution >= 4 is 44.8 Å². The van der Waals surface area contributed by atoms with E-state index in [1.165, 1.54) is 10.4 Å².